The maximum atomic E-state index is 10.1. The van der Waals surface area contributed by atoms with Crippen LogP contribution in [0.15, 0.2) is 42.0 Å². The highest BCUT2D eigenvalue weighted by atomic mass is 16.3. The number of aliphatic hydroxyl groups is 2. The summed E-state index contributed by atoms with van der Waals surface area (Å²) in [5, 5.41) is 19.2. The third kappa shape index (κ3) is 5.48. The standard InChI is InChI=1S/C16H24O2/c1-2-3-9-15(12-13-17)16(18)11-10-14-7-5-4-6-8-14/h4-9,16-18H,2-3,10-13H2,1H3/b15-9+. The number of benzene rings is 1. The fourth-order valence-electron chi connectivity index (χ4n) is 2.00. The lowest BCUT2D eigenvalue weighted by atomic mass is 9.98. The van der Waals surface area contributed by atoms with E-state index in [0.29, 0.717) is 6.42 Å². The topological polar surface area (TPSA) is 40.5 Å². The van der Waals surface area contributed by atoms with Crippen molar-refractivity contribution in [1.82, 2.24) is 0 Å². The molecule has 2 N–H and O–H groups in total. The van der Waals surface area contributed by atoms with Gasteiger partial charge in [-0.1, -0.05) is 49.8 Å². The Morgan fingerprint density at radius 3 is 2.61 bits per heavy atom. The zero-order valence-corrected chi connectivity index (χ0v) is 11.2. The number of rotatable bonds is 8. The summed E-state index contributed by atoms with van der Waals surface area (Å²) in [7, 11) is 0. The fourth-order valence-corrected chi connectivity index (χ4v) is 2.00. The van der Waals surface area contributed by atoms with E-state index >= 15 is 0 Å². The van der Waals surface area contributed by atoms with Crippen LogP contribution in [-0.2, 0) is 6.42 Å². The van der Waals surface area contributed by atoms with E-state index in [1.807, 2.05) is 18.2 Å². The van der Waals surface area contributed by atoms with Crippen LogP contribution < -0.4 is 0 Å². The third-order valence-corrected chi connectivity index (χ3v) is 3.07. The molecule has 1 rings (SSSR count). The minimum Gasteiger partial charge on any atom is -0.396 e. The zero-order chi connectivity index (χ0) is 13.2. The zero-order valence-electron chi connectivity index (χ0n) is 11.2. The van der Waals surface area contributed by atoms with E-state index in [2.05, 4.69) is 25.1 Å². The molecule has 1 atom stereocenters. The number of hydrogen-bond acceptors (Lipinski definition) is 2. The Morgan fingerprint density at radius 2 is 2.00 bits per heavy atom. The summed E-state index contributed by atoms with van der Waals surface area (Å²) in [6.45, 7) is 2.22. The maximum Gasteiger partial charge on any atom is 0.0754 e. The van der Waals surface area contributed by atoms with Crippen molar-refractivity contribution in [1.29, 1.82) is 0 Å². The molecule has 0 aliphatic carbocycles. The Kier molecular flexibility index (Phi) is 7.38. The van der Waals surface area contributed by atoms with E-state index in [1.54, 1.807) is 0 Å². The number of hydrogen-bond donors (Lipinski definition) is 2. The molecule has 0 saturated carbocycles. The molecule has 1 aromatic rings. The summed E-state index contributed by atoms with van der Waals surface area (Å²) in [6, 6.07) is 10.2. The molecule has 18 heavy (non-hydrogen) atoms. The Balaban J connectivity index is 2.48. The van der Waals surface area contributed by atoms with E-state index < -0.39 is 6.10 Å². The molecule has 0 radical (unpaired) electrons. The van der Waals surface area contributed by atoms with Gasteiger partial charge in [0.2, 0.25) is 0 Å². The third-order valence-electron chi connectivity index (χ3n) is 3.07. The molecule has 0 spiro atoms. The molecule has 0 aliphatic heterocycles. The molecule has 0 fully saturated rings. The first kappa shape index (κ1) is 14.9. The van der Waals surface area contributed by atoms with Crippen molar-refractivity contribution < 1.29 is 10.2 Å². The van der Waals surface area contributed by atoms with Crippen LogP contribution in [0.5, 0.6) is 0 Å². The van der Waals surface area contributed by atoms with Crippen LogP contribution >= 0.6 is 0 Å². The Bertz CT molecular complexity index is 343. The van der Waals surface area contributed by atoms with Crippen LogP contribution in [0.1, 0.15) is 38.2 Å². The van der Waals surface area contributed by atoms with E-state index in [-0.39, 0.29) is 6.61 Å². The van der Waals surface area contributed by atoms with Gasteiger partial charge >= 0.3 is 0 Å². The smallest absolute Gasteiger partial charge is 0.0754 e. The summed E-state index contributed by atoms with van der Waals surface area (Å²) in [5.74, 6) is 0. The van der Waals surface area contributed by atoms with E-state index in [4.69, 9.17) is 5.11 Å². The first-order valence-corrected chi connectivity index (χ1v) is 6.79. The molecule has 0 saturated heterocycles. The summed E-state index contributed by atoms with van der Waals surface area (Å²) in [6.07, 6.45) is 5.86. The van der Waals surface area contributed by atoms with Crippen LogP contribution in [-0.4, -0.2) is 22.9 Å². The van der Waals surface area contributed by atoms with E-state index in [0.717, 1.165) is 31.3 Å². The van der Waals surface area contributed by atoms with Gasteiger partial charge in [0.05, 0.1) is 6.10 Å². The Hall–Kier alpha value is -1.12. The highest BCUT2D eigenvalue weighted by Crippen LogP contribution is 2.15. The molecule has 0 heterocycles. The first-order chi connectivity index (χ1) is 8.77. The van der Waals surface area contributed by atoms with Crippen LogP contribution in [0.2, 0.25) is 0 Å². The molecule has 0 aliphatic rings. The predicted octanol–water partition coefficient (Wildman–Crippen LogP) is 3.09. The minimum absolute atomic E-state index is 0.109. The predicted molar refractivity (Wildman–Crippen MR) is 75.5 cm³/mol. The fraction of sp³-hybridized carbons (Fsp3) is 0.500. The van der Waals surface area contributed by atoms with Crippen molar-refractivity contribution in [3.8, 4) is 0 Å². The first-order valence-electron chi connectivity index (χ1n) is 6.79. The monoisotopic (exact) mass is 248 g/mol. The van der Waals surface area contributed by atoms with Crippen molar-refractivity contribution in [2.75, 3.05) is 6.61 Å². The van der Waals surface area contributed by atoms with Crippen molar-refractivity contribution in [3.05, 3.63) is 47.5 Å². The molecule has 0 amide bonds. The van der Waals surface area contributed by atoms with Gasteiger partial charge < -0.3 is 10.2 Å². The average molecular weight is 248 g/mol. The number of aliphatic hydroxyl groups excluding tert-OH is 2. The Morgan fingerprint density at radius 1 is 1.28 bits per heavy atom. The molecule has 100 valence electrons. The molecule has 1 unspecified atom stereocenters. The highest BCUT2D eigenvalue weighted by molar-refractivity contribution is 5.16. The number of aryl methyl sites for hydroxylation is 1. The van der Waals surface area contributed by atoms with Crippen LogP contribution in [0.3, 0.4) is 0 Å². The van der Waals surface area contributed by atoms with Crippen molar-refractivity contribution in [2.45, 2.75) is 45.1 Å². The van der Waals surface area contributed by atoms with Gasteiger partial charge in [0.25, 0.3) is 0 Å². The van der Waals surface area contributed by atoms with Gasteiger partial charge in [-0.2, -0.15) is 0 Å². The summed E-state index contributed by atoms with van der Waals surface area (Å²) in [5.41, 5.74) is 2.23. The van der Waals surface area contributed by atoms with Crippen LogP contribution in [0, 0.1) is 0 Å². The molecule has 2 heteroatoms. The second kappa shape index (κ2) is 8.90. The summed E-state index contributed by atoms with van der Waals surface area (Å²) < 4.78 is 0. The van der Waals surface area contributed by atoms with Crippen LogP contribution in [0.4, 0.5) is 0 Å². The van der Waals surface area contributed by atoms with Gasteiger partial charge in [0.15, 0.2) is 0 Å². The van der Waals surface area contributed by atoms with E-state index in [9.17, 15) is 5.11 Å². The lowest BCUT2D eigenvalue weighted by molar-refractivity contribution is 0.187. The number of unbranched alkanes of at least 4 members (excludes halogenated alkanes) is 1. The molecular weight excluding hydrogens is 224 g/mol. The van der Waals surface area contributed by atoms with Gasteiger partial charge in [-0.15, -0.1) is 0 Å². The van der Waals surface area contributed by atoms with Crippen LogP contribution in [0.25, 0.3) is 0 Å². The summed E-state index contributed by atoms with van der Waals surface area (Å²) >= 11 is 0. The second-order valence-electron chi connectivity index (χ2n) is 4.58. The average Bonchev–Trinajstić information content (AvgIpc) is 2.42. The summed E-state index contributed by atoms with van der Waals surface area (Å²) in [4.78, 5) is 0. The van der Waals surface area contributed by atoms with Gasteiger partial charge in [0.1, 0.15) is 0 Å². The second-order valence-corrected chi connectivity index (χ2v) is 4.58. The van der Waals surface area contributed by atoms with Gasteiger partial charge in [-0.05, 0) is 36.8 Å². The largest absolute Gasteiger partial charge is 0.396 e. The Labute approximate surface area is 110 Å². The quantitative estimate of drug-likeness (QED) is 0.694. The van der Waals surface area contributed by atoms with Crippen molar-refractivity contribution in [3.63, 3.8) is 0 Å². The lowest BCUT2D eigenvalue weighted by Crippen LogP contribution is -2.13. The normalized spacial score (nSPS) is 13.6. The molecule has 0 aromatic heterocycles. The van der Waals surface area contributed by atoms with Gasteiger partial charge in [-0.3, -0.25) is 0 Å². The molecule has 0 bridgehead atoms. The molecule has 1 aromatic carbocycles. The molecule has 2 nitrogen and oxygen atoms in total. The SMILES string of the molecule is CCC/C=C(\CCO)C(O)CCc1ccccc1. The minimum atomic E-state index is -0.427. The molecular formula is C16H24O2. The van der Waals surface area contributed by atoms with Gasteiger partial charge in [0, 0.05) is 6.61 Å². The lowest BCUT2D eigenvalue weighted by Gasteiger charge is -2.14. The van der Waals surface area contributed by atoms with E-state index in [1.165, 1.54) is 5.56 Å². The van der Waals surface area contributed by atoms with Gasteiger partial charge in [-0.25, -0.2) is 0 Å². The maximum absolute atomic E-state index is 10.1. The van der Waals surface area contributed by atoms with Crippen molar-refractivity contribution in [2.24, 2.45) is 0 Å². The number of allylic oxidation sites excluding steroid dienone is 1. The van der Waals surface area contributed by atoms with Crippen molar-refractivity contribution >= 4 is 0 Å². The highest BCUT2D eigenvalue weighted by Gasteiger charge is 2.10.